The molecular formula is C42H39N5O10S2. The Morgan fingerprint density at radius 3 is 2.24 bits per heavy atom. The number of fused-ring (bicyclic) bond motifs is 1. The molecule has 59 heavy (non-hydrogen) atoms. The molecule has 4 aromatic carbocycles. The zero-order valence-electron chi connectivity index (χ0n) is 32.2. The summed E-state index contributed by atoms with van der Waals surface area (Å²) in [5.74, 6) is -0.0229. The van der Waals surface area contributed by atoms with E-state index in [0.29, 0.717) is 39.3 Å². The van der Waals surface area contributed by atoms with Crippen molar-refractivity contribution in [3.63, 3.8) is 0 Å². The number of rotatable bonds is 11. The van der Waals surface area contributed by atoms with Crippen LogP contribution in [0.4, 0.5) is 17.1 Å². The van der Waals surface area contributed by atoms with E-state index in [1.54, 1.807) is 66.7 Å². The van der Waals surface area contributed by atoms with Crippen LogP contribution in [-0.2, 0) is 27.4 Å². The minimum Gasteiger partial charge on any atom is -0.508 e. The Morgan fingerprint density at radius 1 is 0.932 bits per heavy atom. The molecule has 3 atom stereocenters. The van der Waals surface area contributed by atoms with Crippen molar-refractivity contribution in [3.8, 4) is 34.5 Å². The maximum Gasteiger partial charge on any atom is 0.347 e. The maximum absolute atomic E-state index is 14.1. The first-order valence-electron chi connectivity index (χ1n) is 18.3. The molecule has 2 heterocycles. The number of phenolic OH excluding ortho intramolecular Hbond substituents is 1. The van der Waals surface area contributed by atoms with Gasteiger partial charge in [-0.3, -0.25) is 5.10 Å². The highest BCUT2D eigenvalue weighted by molar-refractivity contribution is 7.80. The summed E-state index contributed by atoms with van der Waals surface area (Å²) in [5.41, 5.74) is 1.70. The molecule has 1 fully saturated rings. The molecule has 0 spiro atoms. The number of H-pyrrole nitrogens is 1. The summed E-state index contributed by atoms with van der Waals surface area (Å²) in [6.07, 6.45) is 1.44. The topological polar surface area (TPSA) is 192 Å². The molecule has 0 radical (unpaired) electrons. The van der Waals surface area contributed by atoms with Crippen LogP contribution in [0, 0.1) is 24.3 Å². The molecule has 17 heteroatoms. The van der Waals surface area contributed by atoms with Gasteiger partial charge in [-0.25, -0.2) is 28.1 Å². The molecule has 0 saturated heterocycles. The lowest BCUT2D eigenvalue weighted by Crippen LogP contribution is -2.37. The Labute approximate surface area is 345 Å². The van der Waals surface area contributed by atoms with Gasteiger partial charge in [-0.05, 0) is 103 Å². The standard InChI is InChI=1S/C42H39N5O8S.O2S/c1-24-22-25(2)37(26(3)23-24)53-42(50)35-36(43-4)40(54-41(49)31-10-6-8-12-33(31)52-5)47-39(35)45-38(46-47)27-14-16-28(17-15-27)44-32-11-7-9-13-34(32)56(51)55-30-20-18-29(48)19-21-30;1-3-2/h6-21,24-26,37,44,48H,22-23H2,1-3,5H3,(H,45,46);. The van der Waals surface area contributed by atoms with Crippen molar-refractivity contribution in [1.82, 2.24) is 14.6 Å². The Morgan fingerprint density at radius 2 is 1.58 bits per heavy atom. The van der Waals surface area contributed by atoms with E-state index in [9.17, 15) is 18.9 Å². The highest BCUT2D eigenvalue weighted by atomic mass is 32.2. The van der Waals surface area contributed by atoms with Crippen LogP contribution in [0.15, 0.2) is 102 Å². The van der Waals surface area contributed by atoms with Crippen molar-refractivity contribution in [2.45, 2.75) is 44.6 Å². The number of ether oxygens (including phenoxy) is 3. The zero-order valence-corrected chi connectivity index (χ0v) is 33.9. The van der Waals surface area contributed by atoms with Crippen molar-refractivity contribution in [2.24, 2.45) is 17.8 Å². The monoisotopic (exact) mass is 837 g/mol. The third kappa shape index (κ3) is 9.35. The van der Waals surface area contributed by atoms with Crippen LogP contribution in [0.1, 0.15) is 54.3 Å². The predicted octanol–water partition coefficient (Wildman–Crippen LogP) is 8.22. The fraction of sp³-hybridized carbons (Fsp3) is 0.238. The minimum absolute atomic E-state index is 0.0653. The zero-order chi connectivity index (χ0) is 42.2. The second-order valence-corrected chi connectivity index (χ2v) is 15.2. The number of phenols is 1. The molecule has 0 bridgehead atoms. The number of aromatic nitrogens is 3. The van der Waals surface area contributed by atoms with E-state index >= 15 is 0 Å². The SMILES string of the molecule is O=S=O.[C-]#[N+]c1c(C(=O)OC2C(C)CC(C)CC2C)c2nc(-c3ccc(Nc4ccccc4S(=O)Oc4ccc(O)cc4)cc3)[nH]n2c1OC(=O)c1ccccc1OC. The van der Waals surface area contributed by atoms with E-state index in [1.807, 2.05) is 0 Å². The molecule has 1 aliphatic rings. The van der Waals surface area contributed by atoms with Gasteiger partial charge >= 0.3 is 23.5 Å². The number of esters is 2. The number of para-hydroxylation sites is 2. The van der Waals surface area contributed by atoms with Crippen molar-refractivity contribution in [1.29, 1.82) is 0 Å². The molecule has 2 aromatic heterocycles. The fourth-order valence-electron chi connectivity index (χ4n) is 7.27. The Balaban J connectivity index is 0.00000189. The van der Waals surface area contributed by atoms with Crippen LogP contribution < -0.4 is 19.0 Å². The van der Waals surface area contributed by atoms with E-state index < -0.39 is 34.6 Å². The number of aromatic hydroxyl groups is 1. The molecule has 0 amide bonds. The van der Waals surface area contributed by atoms with Crippen molar-refractivity contribution in [3.05, 3.63) is 120 Å². The van der Waals surface area contributed by atoms with E-state index in [4.69, 9.17) is 38.4 Å². The molecule has 6 aromatic rings. The summed E-state index contributed by atoms with van der Waals surface area (Å²) in [6, 6.07) is 26.7. The van der Waals surface area contributed by atoms with Gasteiger partial charge in [-0.2, -0.15) is 8.42 Å². The van der Waals surface area contributed by atoms with Gasteiger partial charge in [0.2, 0.25) is 17.0 Å². The number of carbonyl (C=O) groups excluding carboxylic acids is 2. The number of aromatic amines is 1. The summed E-state index contributed by atoms with van der Waals surface area (Å²) >= 11 is -2.62. The van der Waals surface area contributed by atoms with Gasteiger partial charge in [-0.1, -0.05) is 45.0 Å². The molecule has 3 N–H and O–H groups in total. The molecule has 1 saturated carbocycles. The van der Waals surface area contributed by atoms with Crippen molar-refractivity contribution >= 4 is 57.3 Å². The highest BCUT2D eigenvalue weighted by Crippen LogP contribution is 2.41. The molecule has 0 aliphatic heterocycles. The van der Waals surface area contributed by atoms with Crippen LogP contribution in [0.3, 0.4) is 0 Å². The molecule has 15 nitrogen and oxygen atoms in total. The quantitative estimate of drug-likeness (QED) is 0.0838. The third-order valence-corrected chi connectivity index (χ3v) is 10.8. The molecule has 1 aliphatic carbocycles. The van der Waals surface area contributed by atoms with E-state index in [1.165, 1.54) is 42.0 Å². The summed E-state index contributed by atoms with van der Waals surface area (Å²) in [4.78, 5) is 36.4. The number of anilines is 2. The maximum atomic E-state index is 14.1. The summed E-state index contributed by atoms with van der Waals surface area (Å²) in [5, 5.41) is 16.0. The summed E-state index contributed by atoms with van der Waals surface area (Å²) in [6.45, 7) is 14.4. The van der Waals surface area contributed by atoms with E-state index in [-0.39, 0.29) is 57.8 Å². The van der Waals surface area contributed by atoms with Crippen LogP contribution in [0.5, 0.6) is 23.1 Å². The number of benzene rings is 4. The summed E-state index contributed by atoms with van der Waals surface area (Å²) in [7, 11) is 1.43. The van der Waals surface area contributed by atoms with Gasteiger partial charge in [0.1, 0.15) is 39.4 Å². The summed E-state index contributed by atoms with van der Waals surface area (Å²) < 4.78 is 54.0. The predicted molar refractivity (Wildman–Crippen MR) is 219 cm³/mol. The van der Waals surface area contributed by atoms with E-state index in [2.05, 4.69) is 36.0 Å². The third-order valence-electron chi connectivity index (χ3n) is 9.77. The number of methoxy groups -OCH3 is 1. The minimum atomic E-state index is -1.87. The average molecular weight is 838 g/mol. The van der Waals surface area contributed by atoms with Gasteiger partial charge < -0.3 is 28.8 Å². The Hall–Kier alpha value is -6.77. The van der Waals surface area contributed by atoms with Gasteiger partial charge in [0.15, 0.2) is 11.5 Å². The lowest BCUT2D eigenvalue weighted by atomic mass is 9.75. The van der Waals surface area contributed by atoms with Crippen molar-refractivity contribution < 1.29 is 45.7 Å². The molecular weight excluding hydrogens is 799 g/mol. The van der Waals surface area contributed by atoms with Crippen LogP contribution in [-0.4, -0.2) is 57.5 Å². The number of hydrogen-bond acceptors (Lipinski definition) is 12. The van der Waals surface area contributed by atoms with Gasteiger partial charge in [0, 0.05) is 11.3 Å². The highest BCUT2D eigenvalue weighted by Gasteiger charge is 2.37. The first-order chi connectivity index (χ1) is 28.5. The molecule has 3 unspecified atom stereocenters. The van der Waals surface area contributed by atoms with Crippen LogP contribution in [0.2, 0.25) is 0 Å². The number of carbonyl (C=O) groups is 2. The average Bonchev–Trinajstić information content (AvgIpc) is 3.78. The lowest BCUT2D eigenvalue weighted by molar-refractivity contribution is -0.0249. The second-order valence-electron chi connectivity index (χ2n) is 13.9. The largest absolute Gasteiger partial charge is 0.508 e. The normalized spacial score (nSPS) is 17.7. The first kappa shape index (κ1) is 41.9. The number of hydrogen-bond donors (Lipinski definition) is 3. The Bertz CT molecular complexity index is 2570. The number of nitrogens with zero attached hydrogens (tertiary/aromatic N) is 3. The molecule has 7 rings (SSSR count). The van der Waals surface area contributed by atoms with Crippen LogP contribution in [0.25, 0.3) is 21.9 Å². The van der Waals surface area contributed by atoms with Gasteiger partial charge in [-0.15, -0.1) is 0 Å². The lowest BCUT2D eigenvalue weighted by Gasteiger charge is -2.37. The second kappa shape index (κ2) is 18.7. The van der Waals surface area contributed by atoms with Crippen molar-refractivity contribution in [2.75, 3.05) is 12.4 Å². The molecule has 304 valence electrons. The van der Waals surface area contributed by atoms with E-state index in [0.717, 1.165) is 12.8 Å². The Kier molecular flexibility index (Phi) is 13.2. The smallest absolute Gasteiger partial charge is 0.347 e. The van der Waals surface area contributed by atoms with Gasteiger partial charge in [0.25, 0.3) is 5.69 Å². The first-order valence-corrected chi connectivity index (χ1v) is 20.1. The van der Waals surface area contributed by atoms with Gasteiger partial charge in [0.05, 0.1) is 19.4 Å². The number of nitrogens with one attached hydrogen (secondary N) is 2. The van der Waals surface area contributed by atoms with Crippen LogP contribution >= 0.6 is 0 Å². The fourth-order valence-corrected chi connectivity index (χ4v) is 8.13.